The van der Waals surface area contributed by atoms with Crippen molar-refractivity contribution in [3.63, 3.8) is 0 Å². The third-order valence-corrected chi connectivity index (χ3v) is 4.62. The van der Waals surface area contributed by atoms with Crippen molar-refractivity contribution in [3.05, 3.63) is 80.5 Å². The summed E-state index contributed by atoms with van der Waals surface area (Å²) in [6, 6.07) is 11.3. The summed E-state index contributed by atoms with van der Waals surface area (Å²) in [5.74, 6) is -0.501. The third-order valence-electron chi connectivity index (χ3n) is 3.19. The number of carbonyl (C=O) groups excluding carboxylic acids is 2. The number of ketones is 1. The zero-order chi connectivity index (χ0) is 16.9. The second-order valence-corrected chi connectivity index (χ2v) is 6.87. The van der Waals surface area contributed by atoms with Crippen LogP contribution in [0.1, 0.15) is 30.6 Å². The summed E-state index contributed by atoms with van der Waals surface area (Å²) in [5, 5.41) is 3.08. The van der Waals surface area contributed by atoms with Crippen LogP contribution >= 0.6 is 27.3 Å². The maximum atomic E-state index is 12.4. The molecule has 0 fully saturated rings. The molecule has 0 radical (unpaired) electrons. The standard InChI is InChI=1S/C17H12BrN3O2S/c18-13-6-12(8-19-9-13)15(22)17-21-10-14(24-17)16(23)20-7-11-4-2-1-3-5-11/h1-6,8-10H,7H2,(H,20,23). The Kier molecular flexibility index (Phi) is 5.12. The molecular weight excluding hydrogens is 390 g/mol. The summed E-state index contributed by atoms with van der Waals surface area (Å²) in [7, 11) is 0. The minimum absolute atomic E-state index is 0.247. The Morgan fingerprint density at radius 2 is 1.92 bits per heavy atom. The number of halogens is 1. The van der Waals surface area contributed by atoms with Gasteiger partial charge in [0.1, 0.15) is 4.88 Å². The summed E-state index contributed by atoms with van der Waals surface area (Å²) in [6.45, 7) is 0.427. The van der Waals surface area contributed by atoms with Crippen LogP contribution in [0.3, 0.4) is 0 Å². The summed E-state index contributed by atoms with van der Waals surface area (Å²) < 4.78 is 0.714. The molecule has 0 saturated heterocycles. The minimum atomic E-state index is -0.254. The van der Waals surface area contributed by atoms with Gasteiger partial charge in [0.25, 0.3) is 5.91 Å². The van der Waals surface area contributed by atoms with Gasteiger partial charge in [0.15, 0.2) is 5.01 Å². The van der Waals surface area contributed by atoms with Gasteiger partial charge in [-0.25, -0.2) is 4.98 Å². The van der Waals surface area contributed by atoms with Crippen molar-refractivity contribution < 1.29 is 9.59 Å². The maximum absolute atomic E-state index is 12.4. The summed E-state index contributed by atoms with van der Waals surface area (Å²) in [6.07, 6.45) is 4.49. The number of amides is 1. The summed E-state index contributed by atoms with van der Waals surface area (Å²) >= 11 is 4.35. The van der Waals surface area contributed by atoms with Crippen molar-refractivity contribution in [1.29, 1.82) is 0 Å². The first-order valence-corrected chi connectivity index (χ1v) is 8.67. The number of thiazole rings is 1. The second kappa shape index (κ2) is 7.46. The lowest BCUT2D eigenvalue weighted by Crippen LogP contribution is -2.21. The molecule has 0 saturated carbocycles. The van der Waals surface area contributed by atoms with E-state index in [0.29, 0.717) is 21.5 Å². The molecule has 0 aliphatic heterocycles. The van der Waals surface area contributed by atoms with E-state index in [2.05, 4.69) is 31.2 Å². The molecule has 1 aromatic carbocycles. The molecule has 0 unspecified atom stereocenters. The molecule has 3 rings (SSSR count). The van der Waals surface area contributed by atoms with Crippen molar-refractivity contribution >= 4 is 39.0 Å². The van der Waals surface area contributed by atoms with Crippen molar-refractivity contribution in [3.8, 4) is 0 Å². The molecule has 0 aliphatic carbocycles. The van der Waals surface area contributed by atoms with Crippen LogP contribution in [-0.2, 0) is 6.54 Å². The Balaban J connectivity index is 1.68. The number of carbonyl (C=O) groups is 2. The predicted octanol–water partition coefficient (Wildman–Crippen LogP) is 3.46. The van der Waals surface area contributed by atoms with E-state index in [-0.39, 0.29) is 16.7 Å². The predicted molar refractivity (Wildman–Crippen MR) is 95.1 cm³/mol. The van der Waals surface area contributed by atoms with E-state index in [1.807, 2.05) is 30.3 Å². The average Bonchev–Trinajstić information content (AvgIpc) is 3.10. The number of hydrogen-bond acceptors (Lipinski definition) is 5. The molecule has 1 N–H and O–H groups in total. The molecule has 0 bridgehead atoms. The highest BCUT2D eigenvalue weighted by molar-refractivity contribution is 9.10. The van der Waals surface area contributed by atoms with Gasteiger partial charge in [-0.15, -0.1) is 11.3 Å². The lowest BCUT2D eigenvalue weighted by atomic mass is 10.2. The van der Waals surface area contributed by atoms with E-state index >= 15 is 0 Å². The van der Waals surface area contributed by atoms with Crippen LogP contribution in [0.2, 0.25) is 0 Å². The van der Waals surface area contributed by atoms with Crippen LogP contribution in [0.15, 0.2) is 59.5 Å². The minimum Gasteiger partial charge on any atom is -0.347 e. The highest BCUT2D eigenvalue weighted by atomic mass is 79.9. The van der Waals surface area contributed by atoms with Crippen molar-refractivity contribution in [2.45, 2.75) is 6.54 Å². The van der Waals surface area contributed by atoms with E-state index in [4.69, 9.17) is 0 Å². The van der Waals surface area contributed by atoms with Gasteiger partial charge in [-0.05, 0) is 27.6 Å². The number of nitrogens with zero attached hydrogens (tertiary/aromatic N) is 2. The van der Waals surface area contributed by atoms with Gasteiger partial charge >= 0.3 is 0 Å². The molecule has 2 heterocycles. The number of pyridine rings is 1. The van der Waals surface area contributed by atoms with E-state index in [0.717, 1.165) is 16.9 Å². The van der Waals surface area contributed by atoms with Crippen LogP contribution in [0, 0.1) is 0 Å². The van der Waals surface area contributed by atoms with Gasteiger partial charge in [-0.2, -0.15) is 0 Å². The molecule has 0 aliphatic rings. The number of rotatable bonds is 5. The fourth-order valence-corrected chi connectivity index (χ4v) is 3.17. The SMILES string of the molecule is O=C(NCc1ccccc1)c1cnc(C(=O)c2cncc(Br)c2)s1. The smallest absolute Gasteiger partial charge is 0.263 e. The lowest BCUT2D eigenvalue weighted by Gasteiger charge is -2.02. The van der Waals surface area contributed by atoms with E-state index < -0.39 is 0 Å². The molecule has 24 heavy (non-hydrogen) atoms. The van der Waals surface area contributed by atoms with E-state index in [1.165, 1.54) is 12.4 Å². The fraction of sp³-hybridized carbons (Fsp3) is 0.0588. The first kappa shape index (κ1) is 16.5. The Labute approximate surface area is 150 Å². The summed E-state index contributed by atoms with van der Waals surface area (Å²) in [5.41, 5.74) is 1.43. The third kappa shape index (κ3) is 3.93. The number of nitrogens with one attached hydrogen (secondary N) is 1. The largest absolute Gasteiger partial charge is 0.347 e. The van der Waals surface area contributed by atoms with Gasteiger partial charge in [0.2, 0.25) is 5.78 Å². The van der Waals surface area contributed by atoms with Crippen LogP contribution in [0.25, 0.3) is 0 Å². The van der Waals surface area contributed by atoms with Crippen LogP contribution in [0.5, 0.6) is 0 Å². The van der Waals surface area contributed by atoms with Gasteiger partial charge in [0, 0.05) is 29.0 Å². The van der Waals surface area contributed by atoms with Crippen LogP contribution in [0.4, 0.5) is 0 Å². The van der Waals surface area contributed by atoms with Crippen molar-refractivity contribution in [1.82, 2.24) is 15.3 Å². The molecule has 0 atom stereocenters. The molecule has 120 valence electrons. The summed E-state index contributed by atoms with van der Waals surface area (Å²) in [4.78, 5) is 33.0. The van der Waals surface area contributed by atoms with Crippen molar-refractivity contribution in [2.75, 3.05) is 0 Å². The topological polar surface area (TPSA) is 72.0 Å². The number of aromatic nitrogens is 2. The Morgan fingerprint density at radius 3 is 2.67 bits per heavy atom. The molecule has 2 aromatic heterocycles. The molecule has 0 spiro atoms. The fourth-order valence-electron chi connectivity index (χ4n) is 2.01. The van der Waals surface area contributed by atoms with E-state index in [1.54, 1.807) is 12.3 Å². The Hall–Kier alpha value is -2.38. The Morgan fingerprint density at radius 1 is 1.12 bits per heavy atom. The normalized spacial score (nSPS) is 10.4. The number of hydrogen-bond donors (Lipinski definition) is 1. The van der Waals surface area contributed by atoms with Gasteiger partial charge in [-0.1, -0.05) is 30.3 Å². The molecule has 7 heteroatoms. The second-order valence-electron chi connectivity index (χ2n) is 4.92. The molecule has 1 amide bonds. The van der Waals surface area contributed by atoms with E-state index in [9.17, 15) is 9.59 Å². The first-order chi connectivity index (χ1) is 11.6. The molecular formula is C17H12BrN3O2S. The molecule has 5 nitrogen and oxygen atoms in total. The van der Waals surface area contributed by atoms with Crippen molar-refractivity contribution in [2.24, 2.45) is 0 Å². The molecule has 3 aromatic rings. The maximum Gasteiger partial charge on any atom is 0.263 e. The highest BCUT2D eigenvalue weighted by Gasteiger charge is 2.17. The monoisotopic (exact) mass is 401 g/mol. The van der Waals surface area contributed by atoms with Gasteiger partial charge in [-0.3, -0.25) is 14.6 Å². The quantitative estimate of drug-likeness (QED) is 0.664. The van der Waals surface area contributed by atoms with Gasteiger partial charge in [0.05, 0.1) is 6.20 Å². The Bertz CT molecular complexity index is 880. The van der Waals surface area contributed by atoms with Gasteiger partial charge < -0.3 is 5.32 Å². The van der Waals surface area contributed by atoms with Crippen LogP contribution in [-0.4, -0.2) is 21.7 Å². The average molecular weight is 402 g/mol. The first-order valence-electron chi connectivity index (χ1n) is 7.06. The highest BCUT2D eigenvalue weighted by Crippen LogP contribution is 2.18. The lowest BCUT2D eigenvalue weighted by molar-refractivity contribution is 0.0954. The van der Waals surface area contributed by atoms with Crippen LogP contribution < -0.4 is 5.32 Å². The zero-order valence-electron chi connectivity index (χ0n) is 12.4. The zero-order valence-corrected chi connectivity index (χ0v) is 14.8. The number of benzene rings is 1.